The number of hydrogen-bond acceptors (Lipinski definition) is 8. The van der Waals surface area contributed by atoms with E-state index in [1.807, 2.05) is 35.2 Å². The van der Waals surface area contributed by atoms with Gasteiger partial charge in [0.15, 0.2) is 0 Å². The number of carbonyl (C=O) groups excluding carboxylic acids is 2. The van der Waals surface area contributed by atoms with Crippen molar-refractivity contribution in [3.63, 3.8) is 0 Å². The van der Waals surface area contributed by atoms with Gasteiger partial charge in [0.1, 0.15) is 34.3 Å². The standard InChI is InChI=1S/C25H26N6O3S/c1-29-25(33)34-17-8-5-11-31(14-17)23-18(12-26)20(15-9-10-15)19(13-27)24(30-23)35-21(22(28)32)16-6-3-2-4-7-16/h2-4,6-7,15,17,21H,5,8-11,14H2,1H3,(H2,28,32)(H,29,33). The Morgan fingerprint density at radius 1 is 1.20 bits per heavy atom. The molecule has 2 aliphatic rings. The maximum Gasteiger partial charge on any atom is 0.407 e. The van der Waals surface area contributed by atoms with E-state index in [1.165, 1.54) is 7.05 Å². The number of ether oxygens (including phenoxy) is 1. The summed E-state index contributed by atoms with van der Waals surface area (Å²) in [6.07, 6.45) is 2.37. The lowest BCUT2D eigenvalue weighted by Crippen LogP contribution is -2.42. The normalized spacial score (nSPS) is 18.1. The number of aromatic nitrogens is 1. The molecule has 2 atom stereocenters. The molecule has 2 heterocycles. The quantitative estimate of drug-likeness (QED) is 0.562. The Balaban J connectivity index is 1.78. The molecule has 0 bridgehead atoms. The summed E-state index contributed by atoms with van der Waals surface area (Å²) < 4.78 is 5.46. The molecule has 2 fully saturated rings. The lowest BCUT2D eigenvalue weighted by molar-refractivity contribution is -0.117. The van der Waals surface area contributed by atoms with Gasteiger partial charge in [-0.05, 0) is 42.7 Å². The number of nitrogens with one attached hydrogen (secondary N) is 1. The van der Waals surface area contributed by atoms with Crippen molar-refractivity contribution in [1.29, 1.82) is 10.5 Å². The molecule has 1 saturated carbocycles. The summed E-state index contributed by atoms with van der Waals surface area (Å²) in [6.45, 7) is 1.01. The predicted octanol–water partition coefficient (Wildman–Crippen LogP) is 3.35. The number of nitrogens with zero attached hydrogens (tertiary/aromatic N) is 4. The second-order valence-corrected chi connectivity index (χ2v) is 9.67. The van der Waals surface area contributed by atoms with Gasteiger partial charge in [-0.2, -0.15) is 10.5 Å². The van der Waals surface area contributed by atoms with Gasteiger partial charge in [0.2, 0.25) is 5.91 Å². The van der Waals surface area contributed by atoms with Crippen LogP contribution in [-0.4, -0.2) is 43.2 Å². The molecule has 180 valence electrons. The summed E-state index contributed by atoms with van der Waals surface area (Å²) in [5.74, 6) is 0.0204. The van der Waals surface area contributed by atoms with Crippen LogP contribution in [0, 0.1) is 22.7 Å². The van der Waals surface area contributed by atoms with E-state index in [2.05, 4.69) is 17.5 Å². The van der Waals surface area contributed by atoms with Gasteiger partial charge in [0.05, 0.1) is 17.7 Å². The van der Waals surface area contributed by atoms with E-state index < -0.39 is 17.3 Å². The van der Waals surface area contributed by atoms with E-state index in [9.17, 15) is 20.1 Å². The van der Waals surface area contributed by atoms with Gasteiger partial charge in [0, 0.05) is 13.6 Å². The third-order valence-corrected chi connectivity index (χ3v) is 7.40. The number of amides is 2. The van der Waals surface area contributed by atoms with Crippen molar-refractivity contribution >= 4 is 29.6 Å². The first-order valence-corrected chi connectivity index (χ1v) is 12.4. The lowest BCUT2D eigenvalue weighted by atomic mass is 9.98. The van der Waals surface area contributed by atoms with Crippen molar-refractivity contribution in [3.8, 4) is 12.1 Å². The van der Waals surface area contributed by atoms with Crippen molar-refractivity contribution < 1.29 is 14.3 Å². The summed E-state index contributed by atoms with van der Waals surface area (Å²) in [4.78, 5) is 30.9. The number of pyridine rings is 1. The van der Waals surface area contributed by atoms with Gasteiger partial charge in [-0.1, -0.05) is 42.1 Å². The fraction of sp³-hybridized carbons (Fsp3) is 0.400. The monoisotopic (exact) mass is 490 g/mol. The van der Waals surface area contributed by atoms with Crippen molar-refractivity contribution in [2.45, 2.75) is 48.0 Å². The SMILES string of the molecule is CNC(=O)OC1CCCN(c2nc(SC(C(N)=O)c3ccccc3)c(C#N)c(C3CC3)c2C#N)C1. The van der Waals surface area contributed by atoms with Crippen LogP contribution in [-0.2, 0) is 9.53 Å². The van der Waals surface area contributed by atoms with Crippen LogP contribution in [0.1, 0.15) is 59.1 Å². The maximum atomic E-state index is 12.4. The van der Waals surface area contributed by atoms with Gasteiger partial charge < -0.3 is 20.7 Å². The Hall–Kier alpha value is -3.76. The number of nitriles is 2. The number of rotatable bonds is 7. The summed E-state index contributed by atoms with van der Waals surface area (Å²) >= 11 is 1.13. The average Bonchev–Trinajstić information content (AvgIpc) is 3.72. The number of alkyl carbamates (subject to hydrolysis) is 1. The zero-order valence-corrected chi connectivity index (χ0v) is 20.2. The van der Waals surface area contributed by atoms with Crippen LogP contribution in [0.2, 0.25) is 0 Å². The first-order chi connectivity index (χ1) is 17.0. The van der Waals surface area contributed by atoms with Crippen molar-refractivity contribution in [1.82, 2.24) is 10.3 Å². The Morgan fingerprint density at radius 3 is 2.51 bits per heavy atom. The number of benzene rings is 1. The van der Waals surface area contributed by atoms with Crippen LogP contribution < -0.4 is 16.0 Å². The first kappa shape index (κ1) is 24.4. The third kappa shape index (κ3) is 5.33. The fourth-order valence-corrected chi connectivity index (χ4v) is 5.39. The van der Waals surface area contributed by atoms with Gasteiger partial charge in [-0.3, -0.25) is 4.79 Å². The molecule has 0 radical (unpaired) electrons. The molecule has 1 aliphatic carbocycles. The van der Waals surface area contributed by atoms with Gasteiger partial charge >= 0.3 is 6.09 Å². The summed E-state index contributed by atoms with van der Waals surface area (Å²) in [7, 11) is 1.51. The highest BCUT2D eigenvalue weighted by molar-refractivity contribution is 8.00. The molecular weight excluding hydrogens is 464 g/mol. The molecule has 1 aromatic heterocycles. The molecule has 1 aliphatic heterocycles. The van der Waals surface area contributed by atoms with E-state index >= 15 is 0 Å². The van der Waals surface area contributed by atoms with Crippen molar-refractivity contribution in [2.75, 3.05) is 25.0 Å². The Labute approximate surface area is 208 Å². The minimum absolute atomic E-state index is 0.104. The van der Waals surface area contributed by atoms with Crippen LogP contribution in [0.4, 0.5) is 10.6 Å². The van der Waals surface area contributed by atoms with E-state index in [1.54, 1.807) is 0 Å². The van der Waals surface area contributed by atoms with E-state index in [0.29, 0.717) is 52.6 Å². The minimum Gasteiger partial charge on any atom is -0.444 e. The molecule has 0 spiro atoms. The third-order valence-electron chi connectivity index (χ3n) is 6.14. The number of hydrogen-bond donors (Lipinski definition) is 2. The summed E-state index contributed by atoms with van der Waals surface area (Å²) in [5.41, 5.74) is 7.86. The summed E-state index contributed by atoms with van der Waals surface area (Å²) in [5, 5.41) is 22.3. The average molecular weight is 491 g/mol. The Kier molecular flexibility index (Phi) is 7.42. The van der Waals surface area contributed by atoms with E-state index in [-0.39, 0.29) is 12.0 Å². The van der Waals surface area contributed by atoms with E-state index in [0.717, 1.165) is 31.0 Å². The molecule has 1 saturated heterocycles. The molecule has 2 aromatic rings. The molecule has 2 amide bonds. The zero-order valence-electron chi connectivity index (χ0n) is 19.4. The molecule has 1 aromatic carbocycles. The predicted molar refractivity (Wildman–Crippen MR) is 131 cm³/mol. The highest BCUT2D eigenvalue weighted by Crippen LogP contribution is 2.48. The number of primary amides is 1. The number of nitrogens with two attached hydrogens (primary N) is 1. The first-order valence-electron chi connectivity index (χ1n) is 11.5. The highest BCUT2D eigenvalue weighted by atomic mass is 32.2. The van der Waals surface area contributed by atoms with Crippen LogP contribution in [0.3, 0.4) is 0 Å². The maximum absolute atomic E-state index is 12.4. The van der Waals surface area contributed by atoms with Crippen LogP contribution in [0.25, 0.3) is 0 Å². The number of carbonyl (C=O) groups is 2. The molecule has 4 rings (SSSR count). The zero-order chi connectivity index (χ0) is 24.9. The number of anilines is 1. The molecule has 35 heavy (non-hydrogen) atoms. The smallest absolute Gasteiger partial charge is 0.407 e. The lowest BCUT2D eigenvalue weighted by Gasteiger charge is -2.34. The van der Waals surface area contributed by atoms with Gasteiger partial charge in [-0.25, -0.2) is 9.78 Å². The molecule has 3 N–H and O–H groups in total. The largest absolute Gasteiger partial charge is 0.444 e. The number of thioether (sulfide) groups is 1. The van der Waals surface area contributed by atoms with Crippen LogP contribution in [0.5, 0.6) is 0 Å². The molecule has 10 heteroatoms. The second-order valence-electron chi connectivity index (χ2n) is 8.58. The van der Waals surface area contributed by atoms with Crippen LogP contribution >= 0.6 is 11.8 Å². The van der Waals surface area contributed by atoms with Crippen molar-refractivity contribution in [3.05, 3.63) is 52.6 Å². The molecular formula is C25H26N6O3S. The van der Waals surface area contributed by atoms with Gasteiger partial charge in [0.25, 0.3) is 0 Å². The Bertz CT molecular complexity index is 1200. The number of piperidine rings is 1. The van der Waals surface area contributed by atoms with Gasteiger partial charge in [-0.15, -0.1) is 0 Å². The second kappa shape index (κ2) is 10.7. The minimum atomic E-state index is -0.741. The molecule has 2 unspecified atom stereocenters. The Morgan fingerprint density at radius 2 is 1.91 bits per heavy atom. The topological polar surface area (TPSA) is 145 Å². The van der Waals surface area contributed by atoms with Crippen LogP contribution in [0.15, 0.2) is 35.4 Å². The molecule has 9 nitrogen and oxygen atoms in total. The van der Waals surface area contributed by atoms with Crippen molar-refractivity contribution in [2.24, 2.45) is 5.73 Å². The van der Waals surface area contributed by atoms with E-state index in [4.69, 9.17) is 15.5 Å². The fourth-order valence-electron chi connectivity index (χ4n) is 4.35. The highest BCUT2D eigenvalue weighted by Gasteiger charge is 2.36. The summed E-state index contributed by atoms with van der Waals surface area (Å²) in [6, 6.07) is 13.7.